The molecule has 6 nitrogen and oxygen atoms in total. The predicted octanol–water partition coefficient (Wildman–Crippen LogP) is 3.08. The Labute approximate surface area is 176 Å². The number of carbonyl (C=O) groups is 2. The first kappa shape index (κ1) is 21.1. The molecule has 1 heterocycles. The number of carbonyl (C=O) groups excluding carboxylic acids is 2. The molecule has 154 valence electrons. The quantitative estimate of drug-likeness (QED) is 0.702. The summed E-state index contributed by atoms with van der Waals surface area (Å²) in [6.45, 7) is 2.27. The van der Waals surface area contributed by atoms with E-state index in [1.54, 1.807) is 12.1 Å². The van der Waals surface area contributed by atoms with E-state index in [2.05, 4.69) is 4.90 Å². The SMILES string of the molecule is COC(=O)[C@H](c1ccc(Cl)cc1)N1CCN(C(=O)c2cccc(N(C)C)c2)CC1. The molecule has 2 aromatic rings. The summed E-state index contributed by atoms with van der Waals surface area (Å²) in [4.78, 5) is 31.2. The van der Waals surface area contributed by atoms with E-state index in [1.165, 1.54) is 7.11 Å². The van der Waals surface area contributed by atoms with Crippen LogP contribution in [-0.2, 0) is 9.53 Å². The maximum atomic E-state index is 12.9. The van der Waals surface area contributed by atoms with Gasteiger partial charge in [-0.15, -0.1) is 0 Å². The molecule has 0 aromatic heterocycles. The van der Waals surface area contributed by atoms with Crippen molar-refractivity contribution in [2.24, 2.45) is 0 Å². The predicted molar refractivity (Wildman–Crippen MR) is 114 cm³/mol. The highest BCUT2D eigenvalue weighted by atomic mass is 35.5. The van der Waals surface area contributed by atoms with Crippen molar-refractivity contribution in [3.63, 3.8) is 0 Å². The van der Waals surface area contributed by atoms with Crippen LogP contribution < -0.4 is 4.90 Å². The van der Waals surface area contributed by atoms with Crippen molar-refractivity contribution in [1.82, 2.24) is 9.80 Å². The van der Waals surface area contributed by atoms with Crippen LogP contribution in [0.3, 0.4) is 0 Å². The van der Waals surface area contributed by atoms with Crippen LogP contribution in [-0.4, -0.2) is 69.1 Å². The highest BCUT2D eigenvalue weighted by molar-refractivity contribution is 6.30. The van der Waals surface area contributed by atoms with Crippen molar-refractivity contribution in [1.29, 1.82) is 0 Å². The van der Waals surface area contributed by atoms with Gasteiger partial charge in [0.15, 0.2) is 0 Å². The number of rotatable bonds is 5. The third kappa shape index (κ3) is 4.89. The highest BCUT2D eigenvalue weighted by Crippen LogP contribution is 2.26. The fourth-order valence-electron chi connectivity index (χ4n) is 3.54. The largest absolute Gasteiger partial charge is 0.468 e. The van der Waals surface area contributed by atoms with Gasteiger partial charge in [0.25, 0.3) is 5.91 Å². The zero-order chi connectivity index (χ0) is 21.0. The summed E-state index contributed by atoms with van der Waals surface area (Å²) in [6.07, 6.45) is 0. The lowest BCUT2D eigenvalue weighted by Crippen LogP contribution is -2.51. The maximum absolute atomic E-state index is 12.9. The molecular weight excluding hydrogens is 390 g/mol. The Kier molecular flexibility index (Phi) is 6.77. The first-order valence-electron chi connectivity index (χ1n) is 9.54. The summed E-state index contributed by atoms with van der Waals surface area (Å²) in [6, 6.07) is 14.3. The number of halogens is 1. The Morgan fingerprint density at radius 3 is 2.28 bits per heavy atom. The second-order valence-corrected chi connectivity index (χ2v) is 7.69. The molecule has 0 N–H and O–H groups in total. The number of nitrogens with zero attached hydrogens (tertiary/aromatic N) is 3. The minimum atomic E-state index is -0.508. The van der Waals surface area contributed by atoms with Gasteiger partial charge in [0.2, 0.25) is 0 Å². The maximum Gasteiger partial charge on any atom is 0.327 e. The molecule has 7 heteroatoms. The van der Waals surface area contributed by atoms with E-state index in [4.69, 9.17) is 16.3 Å². The number of anilines is 1. The van der Waals surface area contributed by atoms with Crippen LogP contribution >= 0.6 is 11.6 Å². The van der Waals surface area contributed by atoms with Gasteiger partial charge in [0.05, 0.1) is 7.11 Å². The van der Waals surface area contributed by atoms with Gasteiger partial charge in [-0.25, -0.2) is 4.79 Å². The molecule has 1 atom stereocenters. The average Bonchev–Trinajstić information content (AvgIpc) is 2.75. The minimum Gasteiger partial charge on any atom is -0.468 e. The van der Waals surface area contributed by atoms with Crippen molar-refractivity contribution < 1.29 is 14.3 Å². The molecule has 1 amide bonds. The van der Waals surface area contributed by atoms with Crippen molar-refractivity contribution in [2.45, 2.75) is 6.04 Å². The number of amides is 1. The second kappa shape index (κ2) is 9.29. The summed E-state index contributed by atoms with van der Waals surface area (Å²) in [5, 5.41) is 0.618. The Balaban J connectivity index is 1.71. The normalized spacial score (nSPS) is 15.7. The number of piperazine rings is 1. The second-order valence-electron chi connectivity index (χ2n) is 7.25. The molecule has 3 rings (SSSR count). The van der Waals surface area contributed by atoms with Crippen molar-refractivity contribution in [3.8, 4) is 0 Å². The van der Waals surface area contributed by atoms with Crippen LogP contribution in [0.25, 0.3) is 0 Å². The van der Waals surface area contributed by atoms with E-state index >= 15 is 0 Å². The number of ether oxygens (including phenoxy) is 1. The fraction of sp³-hybridized carbons (Fsp3) is 0.364. The Bertz CT molecular complexity index is 862. The van der Waals surface area contributed by atoms with Gasteiger partial charge < -0.3 is 14.5 Å². The Morgan fingerprint density at radius 1 is 1.03 bits per heavy atom. The molecule has 2 aromatic carbocycles. The van der Waals surface area contributed by atoms with E-state index in [0.29, 0.717) is 36.8 Å². The van der Waals surface area contributed by atoms with E-state index in [1.807, 2.05) is 60.3 Å². The molecule has 0 bridgehead atoms. The third-order valence-corrected chi connectivity index (χ3v) is 5.44. The molecular formula is C22H26ClN3O3. The van der Waals surface area contributed by atoms with Crippen LogP contribution in [0.15, 0.2) is 48.5 Å². The van der Waals surface area contributed by atoms with Crippen LogP contribution in [0.4, 0.5) is 5.69 Å². The molecule has 0 saturated carbocycles. The highest BCUT2D eigenvalue weighted by Gasteiger charge is 2.32. The van der Waals surface area contributed by atoms with E-state index in [-0.39, 0.29) is 11.9 Å². The van der Waals surface area contributed by atoms with Crippen molar-refractivity contribution >= 4 is 29.2 Å². The van der Waals surface area contributed by atoms with Gasteiger partial charge in [-0.05, 0) is 35.9 Å². The smallest absolute Gasteiger partial charge is 0.327 e. The van der Waals surface area contributed by atoms with Crippen LogP contribution in [0.5, 0.6) is 0 Å². The number of hydrogen-bond acceptors (Lipinski definition) is 5. The van der Waals surface area contributed by atoms with Crippen molar-refractivity contribution in [2.75, 3.05) is 52.3 Å². The van der Waals surface area contributed by atoms with Gasteiger partial charge in [0, 0.05) is 56.5 Å². The summed E-state index contributed by atoms with van der Waals surface area (Å²) >= 11 is 5.98. The first-order chi connectivity index (χ1) is 13.9. The van der Waals surface area contributed by atoms with Crippen molar-refractivity contribution in [3.05, 3.63) is 64.7 Å². The topological polar surface area (TPSA) is 53.1 Å². The average molecular weight is 416 g/mol. The monoisotopic (exact) mass is 415 g/mol. The zero-order valence-electron chi connectivity index (χ0n) is 17.0. The van der Waals surface area contributed by atoms with Crippen LogP contribution in [0, 0.1) is 0 Å². The molecule has 1 fully saturated rings. The lowest BCUT2D eigenvalue weighted by Gasteiger charge is -2.38. The minimum absolute atomic E-state index is 0.00876. The molecule has 1 aliphatic heterocycles. The molecule has 29 heavy (non-hydrogen) atoms. The van der Waals surface area contributed by atoms with Crippen LogP contribution in [0.1, 0.15) is 22.0 Å². The third-order valence-electron chi connectivity index (χ3n) is 5.19. The summed E-state index contributed by atoms with van der Waals surface area (Å²) < 4.78 is 5.03. The molecule has 1 saturated heterocycles. The summed E-state index contributed by atoms with van der Waals surface area (Å²) in [5.74, 6) is -0.305. The summed E-state index contributed by atoms with van der Waals surface area (Å²) in [7, 11) is 5.29. The Morgan fingerprint density at radius 2 is 1.69 bits per heavy atom. The van der Waals surface area contributed by atoms with Gasteiger partial charge >= 0.3 is 5.97 Å². The molecule has 0 radical (unpaired) electrons. The van der Waals surface area contributed by atoms with E-state index in [9.17, 15) is 9.59 Å². The van der Waals surface area contributed by atoms with Crippen LogP contribution in [0.2, 0.25) is 5.02 Å². The molecule has 1 aliphatic rings. The lowest BCUT2D eigenvalue weighted by atomic mass is 10.0. The van der Waals surface area contributed by atoms with E-state index in [0.717, 1.165) is 11.3 Å². The molecule has 0 unspecified atom stereocenters. The van der Waals surface area contributed by atoms with E-state index < -0.39 is 6.04 Å². The standard InChI is InChI=1S/C22H26ClN3O3/c1-24(2)19-6-4-5-17(15-19)21(27)26-13-11-25(12-14-26)20(22(28)29-3)16-7-9-18(23)10-8-16/h4-10,15,20H,11-14H2,1-3H3/t20-/m0/s1. The summed E-state index contributed by atoms with van der Waals surface area (Å²) in [5.41, 5.74) is 2.49. The van der Waals surface area contributed by atoms with Gasteiger partial charge in [-0.3, -0.25) is 9.69 Å². The lowest BCUT2D eigenvalue weighted by molar-refractivity contribution is -0.148. The number of benzene rings is 2. The van der Waals surface area contributed by atoms with Gasteiger partial charge in [-0.2, -0.15) is 0 Å². The van der Waals surface area contributed by atoms with Gasteiger partial charge in [0.1, 0.15) is 6.04 Å². The Hall–Kier alpha value is -2.57. The number of methoxy groups -OCH3 is 1. The molecule has 0 aliphatic carbocycles. The zero-order valence-corrected chi connectivity index (χ0v) is 17.7. The fourth-order valence-corrected chi connectivity index (χ4v) is 3.66. The number of esters is 1. The first-order valence-corrected chi connectivity index (χ1v) is 9.92. The number of hydrogen-bond donors (Lipinski definition) is 0. The van der Waals surface area contributed by atoms with Gasteiger partial charge in [-0.1, -0.05) is 29.8 Å². The molecule has 0 spiro atoms.